The van der Waals surface area contributed by atoms with E-state index in [1.54, 1.807) is 0 Å². The molecule has 5 aliphatic rings. The summed E-state index contributed by atoms with van der Waals surface area (Å²) < 4.78 is 13.1. The normalized spacial score (nSPS) is 57.9. The number of fused-ring (bicyclic) bond motifs is 2. The first kappa shape index (κ1) is 17.6. The fraction of sp³-hybridized carbons (Fsp3) is 0.955. The van der Waals surface area contributed by atoms with E-state index in [-0.39, 0.29) is 29.1 Å². The maximum atomic E-state index is 12.8. The van der Waals surface area contributed by atoms with Gasteiger partial charge in [0.05, 0.1) is 18.3 Å². The van der Waals surface area contributed by atoms with Crippen molar-refractivity contribution < 1.29 is 19.4 Å². The maximum Gasteiger partial charge on any atom is 0.163 e. The van der Waals surface area contributed by atoms with Gasteiger partial charge in [-0.25, -0.2) is 0 Å². The molecule has 4 aliphatic carbocycles. The lowest BCUT2D eigenvalue weighted by Crippen LogP contribution is -2.62. The van der Waals surface area contributed by atoms with Crippen molar-refractivity contribution in [1.29, 1.82) is 0 Å². The van der Waals surface area contributed by atoms with Crippen LogP contribution in [-0.2, 0) is 14.3 Å². The second-order valence-electron chi connectivity index (χ2n) is 10.8. The lowest BCUT2D eigenvalue weighted by molar-refractivity contribution is -0.261. The van der Waals surface area contributed by atoms with Crippen LogP contribution in [0.15, 0.2) is 0 Å². The molecule has 0 aromatic rings. The Labute approximate surface area is 157 Å². The molecule has 0 aromatic heterocycles. The molecule has 5 fully saturated rings. The Morgan fingerprint density at radius 3 is 2.58 bits per heavy atom. The van der Waals surface area contributed by atoms with Crippen LogP contribution in [-0.4, -0.2) is 35.0 Å². The number of aliphatic hydroxyl groups excluding tert-OH is 1. The molecule has 0 bridgehead atoms. The lowest BCUT2D eigenvalue weighted by Gasteiger charge is -2.62. The van der Waals surface area contributed by atoms with Crippen LogP contribution in [0, 0.1) is 34.5 Å². The standard InChI is InChI=1S/C22H34O4/c1-20(2)25-16-11-21(3)15(7-8-17(21)24)14-6-5-12-9-13(23)10-18(26-20)22(12,4)19(14)16/h12-16,18-19,23H,5-11H2,1-4H3/t12-,13?,14?,15?,16+,18?,19?,21?,22?/m0/s1. The molecule has 4 nitrogen and oxygen atoms in total. The van der Waals surface area contributed by atoms with Crippen LogP contribution in [0.3, 0.4) is 0 Å². The molecule has 146 valence electrons. The number of rotatable bonds is 0. The highest BCUT2D eigenvalue weighted by molar-refractivity contribution is 5.87. The van der Waals surface area contributed by atoms with E-state index in [0.29, 0.717) is 29.5 Å². The molecule has 4 saturated carbocycles. The molecule has 0 amide bonds. The predicted molar refractivity (Wildman–Crippen MR) is 97.3 cm³/mol. The Bertz CT molecular complexity index is 630. The van der Waals surface area contributed by atoms with Crippen molar-refractivity contribution in [2.45, 2.75) is 96.7 Å². The zero-order chi connectivity index (χ0) is 18.5. The van der Waals surface area contributed by atoms with Crippen molar-refractivity contribution >= 4 is 5.78 Å². The SMILES string of the molecule is CC1(C)OC2CC(O)C[C@@H]3CCC4C5CCC(=O)C5(C)C[C@@H](O1)C4C23C. The molecule has 7 unspecified atom stereocenters. The second-order valence-corrected chi connectivity index (χ2v) is 10.8. The smallest absolute Gasteiger partial charge is 0.163 e. The first-order valence-electron chi connectivity index (χ1n) is 10.7. The van der Waals surface area contributed by atoms with E-state index in [9.17, 15) is 9.90 Å². The van der Waals surface area contributed by atoms with Crippen LogP contribution in [0.1, 0.15) is 72.6 Å². The van der Waals surface area contributed by atoms with Crippen molar-refractivity contribution in [2.24, 2.45) is 34.5 Å². The zero-order valence-corrected chi connectivity index (χ0v) is 16.7. The van der Waals surface area contributed by atoms with Crippen LogP contribution >= 0.6 is 0 Å². The van der Waals surface area contributed by atoms with Gasteiger partial charge in [-0.1, -0.05) is 13.8 Å². The Morgan fingerprint density at radius 1 is 1.04 bits per heavy atom. The molecule has 26 heavy (non-hydrogen) atoms. The number of carbonyl (C=O) groups is 1. The summed E-state index contributed by atoms with van der Waals surface area (Å²) in [4.78, 5) is 12.8. The minimum Gasteiger partial charge on any atom is -0.393 e. The monoisotopic (exact) mass is 362 g/mol. The van der Waals surface area contributed by atoms with Gasteiger partial charge in [-0.3, -0.25) is 4.79 Å². The Kier molecular flexibility index (Phi) is 3.61. The van der Waals surface area contributed by atoms with E-state index in [1.807, 2.05) is 13.8 Å². The van der Waals surface area contributed by atoms with Crippen LogP contribution in [0.5, 0.6) is 0 Å². The quantitative estimate of drug-likeness (QED) is 0.714. The third-order valence-corrected chi connectivity index (χ3v) is 9.19. The van der Waals surface area contributed by atoms with Gasteiger partial charge in [0.1, 0.15) is 5.78 Å². The predicted octanol–water partition coefficient (Wildman–Crippen LogP) is 3.70. The molecular weight excluding hydrogens is 328 g/mol. The number of hydrogen-bond donors (Lipinski definition) is 1. The molecule has 0 spiro atoms. The van der Waals surface area contributed by atoms with Crippen molar-refractivity contribution in [3.05, 3.63) is 0 Å². The molecule has 1 aliphatic heterocycles. The van der Waals surface area contributed by atoms with E-state index in [1.165, 1.54) is 6.42 Å². The summed E-state index contributed by atoms with van der Waals surface area (Å²) in [6, 6.07) is 0. The summed E-state index contributed by atoms with van der Waals surface area (Å²) in [6.07, 6.45) is 6.48. The van der Waals surface area contributed by atoms with Gasteiger partial charge in [0.2, 0.25) is 0 Å². The molecule has 4 heteroatoms. The summed E-state index contributed by atoms with van der Waals surface area (Å²) in [5, 5.41) is 10.5. The van der Waals surface area contributed by atoms with Crippen LogP contribution < -0.4 is 0 Å². The molecular formula is C22H34O4. The Hall–Kier alpha value is -0.450. The van der Waals surface area contributed by atoms with E-state index in [4.69, 9.17) is 9.47 Å². The topological polar surface area (TPSA) is 55.8 Å². The number of ether oxygens (including phenoxy) is 2. The fourth-order valence-electron chi connectivity index (χ4n) is 8.14. The third kappa shape index (κ3) is 2.15. The third-order valence-electron chi connectivity index (χ3n) is 9.19. The van der Waals surface area contributed by atoms with Crippen LogP contribution in [0.25, 0.3) is 0 Å². The fourth-order valence-corrected chi connectivity index (χ4v) is 8.14. The molecule has 1 heterocycles. The van der Waals surface area contributed by atoms with Crippen molar-refractivity contribution in [2.75, 3.05) is 0 Å². The zero-order valence-electron chi connectivity index (χ0n) is 16.7. The Balaban J connectivity index is 1.63. The van der Waals surface area contributed by atoms with E-state index in [2.05, 4.69) is 13.8 Å². The summed E-state index contributed by atoms with van der Waals surface area (Å²) in [7, 11) is 0. The number of aliphatic hydroxyl groups is 1. The van der Waals surface area contributed by atoms with Crippen molar-refractivity contribution in [3.63, 3.8) is 0 Å². The minimum atomic E-state index is -0.660. The van der Waals surface area contributed by atoms with E-state index < -0.39 is 5.79 Å². The van der Waals surface area contributed by atoms with Gasteiger partial charge in [-0.2, -0.15) is 0 Å². The van der Waals surface area contributed by atoms with Gasteiger partial charge < -0.3 is 14.6 Å². The molecule has 1 N–H and O–H groups in total. The van der Waals surface area contributed by atoms with Gasteiger partial charge in [-0.15, -0.1) is 0 Å². The van der Waals surface area contributed by atoms with Crippen LogP contribution in [0.2, 0.25) is 0 Å². The van der Waals surface area contributed by atoms with Gasteiger partial charge >= 0.3 is 0 Å². The summed E-state index contributed by atoms with van der Waals surface area (Å²) in [6.45, 7) is 8.66. The average Bonchev–Trinajstić information content (AvgIpc) is 2.78. The number of hydrogen-bond acceptors (Lipinski definition) is 4. The maximum absolute atomic E-state index is 12.8. The van der Waals surface area contributed by atoms with Gasteiger partial charge in [-0.05, 0) is 69.6 Å². The van der Waals surface area contributed by atoms with Crippen molar-refractivity contribution in [3.8, 4) is 0 Å². The highest BCUT2D eigenvalue weighted by atomic mass is 16.7. The number of ketones is 1. The first-order chi connectivity index (χ1) is 12.1. The number of carbonyl (C=O) groups excluding carboxylic acids is 1. The van der Waals surface area contributed by atoms with Gasteiger partial charge in [0, 0.05) is 23.7 Å². The molecule has 0 aromatic carbocycles. The highest BCUT2D eigenvalue weighted by Gasteiger charge is 2.68. The molecule has 1 saturated heterocycles. The summed E-state index contributed by atoms with van der Waals surface area (Å²) >= 11 is 0. The second kappa shape index (κ2) is 5.33. The molecule has 0 radical (unpaired) electrons. The van der Waals surface area contributed by atoms with E-state index in [0.717, 1.165) is 38.5 Å². The number of Topliss-reactive ketones (excluding diaryl/α,β-unsaturated/α-hetero) is 1. The van der Waals surface area contributed by atoms with Gasteiger partial charge in [0.25, 0.3) is 0 Å². The van der Waals surface area contributed by atoms with E-state index >= 15 is 0 Å². The minimum absolute atomic E-state index is 0.0468. The molecule has 5 rings (SSSR count). The average molecular weight is 363 g/mol. The van der Waals surface area contributed by atoms with Gasteiger partial charge in [0.15, 0.2) is 5.79 Å². The van der Waals surface area contributed by atoms with Crippen LogP contribution in [0.4, 0.5) is 0 Å². The molecule has 9 atom stereocenters. The first-order valence-corrected chi connectivity index (χ1v) is 10.7. The lowest BCUT2D eigenvalue weighted by atomic mass is 9.43. The summed E-state index contributed by atoms with van der Waals surface area (Å²) in [5.41, 5.74) is -0.160. The van der Waals surface area contributed by atoms with Crippen molar-refractivity contribution in [1.82, 2.24) is 0 Å². The summed E-state index contributed by atoms with van der Waals surface area (Å²) in [5.74, 6) is 1.80. The Morgan fingerprint density at radius 2 is 1.81 bits per heavy atom. The largest absolute Gasteiger partial charge is 0.393 e. The highest BCUT2D eigenvalue weighted by Crippen LogP contribution is 2.67.